The summed E-state index contributed by atoms with van der Waals surface area (Å²) >= 11 is 0. The van der Waals surface area contributed by atoms with E-state index in [4.69, 9.17) is 0 Å². The Hall–Kier alpha value is -1.51. The zero-order chi connectivity index (χ0) is 18.6. The van der Waals surface area contributed by atoms with Gasteiger partial charge in [-0.3, -0.25) is 0 Å². The Morgan fingerprint density at radius 1 is 0.846 bits per heavy atom. The molecule has 0 atom stereocenters. The summed E-state index contributed by atoms with van der Waals surface area (Å²) in [5.74, 6) is 1.44. The molecule has 0 radical (unpaired) electrons. The average molecular weight is 362 g/mol. The van der Waals surface area contributed by atoms with Crippen molar-refractivity contribution in [2.45, 2.75) is 76.8 Å². The van der Waals surface area contributed by atoms with Gasteiger partial charge in [-0.25, -0.2) is 0 Å². The summed E-state index contributed by atoms with van der Waals surface area (Å²) in [6.45, 7) is 2.25. The van der Waals surface area contributed by atoms with Crippen LogP contribution in [0.15, 0.2) is 36.4 Å². The third kappa shape index (κ3) is 4.81. The van der Waals surface area contributed by atoms with E-state index >= 15 is 0 Å². The fourth-order valence-corrected chi connectivity index (χ4v) is 4.34. The molecule has 1 aliphatic carbocycles. The maximum atomic E-state index is 12.9. The smallest absolute Gasteiger partial charge is 0.166 e. The van der Waals surface area contributed by atoms with Crippen LogP contribution in [0, 0.1) is 5.92 Å². The van der Waals surface area contributed by atoms with Gasteiger partial charge in [0.15, 0.2) is 0 Å². The molecule has 3 heteroatoms. The van der Waals surface area contributed by atoms with Crippen LogP contribution in [0.4, 0.5) is 13.2 Å². The number of benzene rings is 2. The van der Waals surface area contributed by atoms with Crippen LogP contribution in [-0.2, 0) is 6.18 Å². The lowest BCUT2D eigenvalue weighted by Gasteiger charge is -2.29. The number of fused-ring (bicyclic) bond motifs is 1. The summed E-state index contributed by atoms with van der Waals surface area (Å²) in [4.78, 5) is 0. The van der Waals surface area contributed by atoms with Gasteiger partial charge in [-0.05, 0) is 66.0 Å². The van der Waals surface area contributed by atoms with Gasteiger partial charge in [0.1, 0.15) is 0 Å². The number of unbranched alkanes of at least 4 members (excludes halogenated alkanes) is 3. The van der Waals surface area contributed by atoms with Crippen molar-refractivity contribution in [3.63, 3.8) is 0 Å². The lowest BCUT2D eigenvalue weighted by atomic mass is 9.76. The van der Waals surface area contributed by atoms with Crippen LogP contribution in [-0.4, -0.2) is 0 Å². The van der Waals surface area contributed by atoms with Gasteiger partial charge in [-0.2, -0.15) is 13.2 Å². The molecule has 3 rings (SSSR count). The first-order valence-corrected chi connectivity index (χ1v) is 10.1. The average Bonchev–Trinajstić information content (AvgIpc) is 2.64. The molecule has 0 aromatic heterocycles. The lowest BCUT2D eigenvalue weighted by Crippen LogP contribution is -2.13. The zero-order valence-electron chi connectivity index (χ0n) is 15.6. The first-order chi connectivity index (χ1) is 12.5. The van der Waals surface area contributed by atoms with E-state index in [0.29, 0.717) is 11.3 Å². The molecule has 0 heterocycles. The Morgan fingerprint density at radius 2 is 1.54 bits per heavy atom. The molecule has 1 aliphatic rings. The lowest BCUT2D eigenvalue weighted by molar-refractivity contribution is -0.137. The van der Waals surface area contributed by atoms with Crippen LogP contribution in [0.2, 0.25) is 0 Å². The minimum atomic E-state index is -4.28. The quantitative estimate of drug-likeness (QED) is 0.455. The second-order valence-corrected chi connectivity index (χ2v) is 7.89. The van der Waals surface area contributed by atoms with Crippen LogP contribution in [0.1, 0.15) is 81.8 Å². The Labute approximate surface area is 154 Å². The monoisotopic (exact) mass is 362 g/mol. The molecule has 0 bridgehead atoms. The number of hydrogen-bond donors (Lipinski definition) is 0. The van der Waals surface area contributed by atoms with Crippen molar-refractivity contribution in [2.24, 2.45) is 5.92 Å². The summed E-state index contributed by atoms with van der Waals surface area (Å²) in [6.07, 6.45) is 7.47. The van der Waals surface area contributed by atoms with Gasteiger partial charge in [0.2, 0.25) is 0 Å². The Morgan fingerprint density at radius 3 is 2.23 bits per heavy atom. The van der Waals surface area contributed by atoms with Crippen LogP contribution in [0.5, 0.6) is 0 Å². The third-order valence-corrected chi connectivity index (χ3v) is 5.98. The first kappa shape index (κ1) is 19.3. The molecule has 0 aliphatic heterocycles. The van der Waals surface area contributed by atoms with Gasteiger partial charge >= 0.3 is 6.18 Å². The largest absolute Gasteiger partial charge is 0.416 e. The number of rotatable bonds is 6. The molecular formula is C23H29F3. The van der Waals surface area contributed by atoms with E-state index in [1.165, 1.54) is 75.5 Å². The molecule has 0 amide bonds. The summed E-state index contributed by atoms with van der Waals surface area (Å²) in [6, 6.07) is 10.1. The van der Waals surface area contributed by atoms with E-state index in [1.54, 1.807) is 6.07 Å². The fourth-order valence-electron chi connectivity index (χ4n) is 4.34. The Bertz CT molecular complexity index is 709. The summed E-state index contributed by atoms with van der Waals surface area (Å²) in [5.41, 5.74) is 0.725. The molecule has 0 N–H and O–H groups in total. The van der Waals surface area contributed by atoms with Crippen molar-refractivity contribution in [1.29, 1.82) is 0 Å². The molecule has 0 nitrogen and oxygen atoms in total. The Balaban J connectivity index is 1.61. The summed E-state index contributed by atoms with van der Waals surface area (Å²) in [7, 11) is 0. The van der Waals surface area contributed by atoms with Crippen molar-refractivity contribution in [3.05, 3.63) is 47.5 Å². The molecule has 0 saturated heterocycles. The van der Waals surface area contributed by atoms with E-state index in [-0.39, 0.29) is 0 Å². The molecule has 2 aromatic carbocycles. The minimum Gasteiger partial charge on any atom is -0.166 e. The number of alkyl halides is 3. The van der Waals surface area contributed by atoms with Gasteiger partial charge in [0.25, 0.3) is 0 Å². The normalized spacial score (nSPS) is 21.2. The van der Waals surface area contributed by atoms with Crippen molar-refractivity contribution in [2.75, 3.05) is 0 Å². The van der Waals surface area contributed by atoms with Crippen molar-refractivity contribution in [3.8, 4) is 0 Å². The molecule has 0 unspecified atom stereocenters. The second kappa shape index (κ2) is 8.45. The fraction of sp³-hybridized carbons (Fsp3) is 0.565. The molecule has 0 spiro atoms. The van der Waals surface area contributed by atoms with Crippen LogP contribution < -0.4 is 0 Å². The van der Waals surface area contributed by atoms with Gasteiger partial charge in [0.05, 0.1) is 5.56 Å². The maximum Gasteiger partial charge on any atom is 0.416 e. The van der Waals surface area contributed by atoms with E-state index < -0.39 is 11.7 Å². The SMILES string of the molecule is CCCCCC[C@H]1CC[C@H](c2ccc3cc(C(F)(F)F)ccc3c2)CC1. The molecule has 1 fully saturated rings. The van der Waals surface area contributed by atoms with Crippen LogP contribution >= 0.6 is 0 Å². The van der Waals surface area contributed by atoms with Gasteiger partial charge in [-0.15, -0.1) is 0 Å². The highest BCUT2D eigenvalue weighted by atomic mass is 19.4. The Kier molecular flexibility index (Phi) is 6.26. The molecule has 2 aromatic rings. The highest BCUT2D eigenvalue weighted by molar-refractivity contribution is 5.84. The van der Waals surface area contributed by atoms with Crippen LogP contribution in [0.25, 0.3) is 10.8 Å². The molecule has 26 heavy (non-hydrogen) atoms. The van der Waals surface area contributed by atoms with Gasteiger partial charge in [-0.1, -0.05) is 63.3 Å². The molecular weight excluding hydrogens is 333 g/mol. The maximum absolute atomic E-state index is 12.9. The predicted molar refractivity (Wildman–Crippen MR) is 102 cm³/mol. The molecule has 1 saturated carbocycles. The van der Waals surface area contributed by atoms with Gasteiger partial charge in [0, 0.05) is 0 Å². The van der Waals surface area contributed by atoms with Crippen molar-refractivity contribution >= 4 is 10.8 Å². The standard InChI is InChI=1S/C23H29F3/c1-2-3-4-5-6-17-7-9-18(10-8-17)19-11-12-21-16-22(23(24,25)26)14-13-20(21)15-19/h11-18H,2-10H2,1H3/t17-,18-. The number of hydrogen-bond acceptors (Lipinski definition) is 0. The van der Waals surface area contributed by atoms with Crippen molar-refractivity contribution in [1.82, 2.24) is 0 Å². The molecule has 142 valence electrons. The number of halogens is 3. The van der Waals surface area contributed by atoms with Crippen molar-refractivity contribution < 1.29 is 13.2 Å². The highest BCUT2D eigenvalue weighted by Crippen LogP contribution is 2.39. The predicted octanol–water partition coefficient (Wildman–Crippen LogP) is 8.10. The first-order valence-electron chi connectivity index (χ1n) is 10.1. The van der Waals surface area contributed by atoms with E-state index in [0.717, 1.165) is 11.3 Å². The van der Waals surface area contributed by atoms with E-state index in [1.807, 2.05) is 12.1 Å². The second-order valence-electron chi connectivity index (χ2n) is 7.89. The topological polar surface area (TPSA) is 0 Å². The van der Waals surface area contributed by atoms with E-state index in [2.05, 4.69) is 13.0 Å². The summed E-state index contributed by atoms with van der Waals surface area (Å²) < 4.78 is 38.6. The van der Waals surface area contributed by atoms with Gasteiger partial charge < -0.3 is 0 Å². The third-order valence-electron chi connectivity index (χ3n) is 5.98. The zero-order valence-corrected chi connectivity index (χ0v) is 15.6. The van der Waals surface area contributed by atoms with Crippen LogP contribution in [0.3, 0.4) is 0 Å². The highest BCUT2D eigenvalue weighted by Gasteiger charge is 2.30. The summed E-state index contributed by atoms with van der Waals surface area (Å²) in [5, 5.41) is 1.59. The minimum absolute atomic E-state index is 0.564. The van der Waals surface area contributed by atoms with E-state index in [9.17, 15) is 13.2 Å².